The monoisotopic (exact) mass is 217 g/mol. The standard InChI is InChI=1S/C11H11N3S/c12-11-13-10(14-15-11)9-3-1-2-8(6-9)7-4-5-7/h1-3,6-7H,4-5H2,(H2,12,13,14). The molecule has 4 heteroatoms. The number of aromatic nitrogens is 2. The Labute approximate surface area is 92.1 Å². The van der Waals surface area contributed by atoms with E-state index in [0.29, 0.717) is 5.13 Å². The molecule has 1 fully saturated rings. The quantitative estimate of drug-likeness (QED) is 0.841. The fourth-order valence-electron chi connectivity index (χ4n) is 1.70. The predicted molar refractivity (Wildman–Crippen MR) is 61.7 cm³/mol. The topological polar surface area (TPSA) is 51.8 Å². The molecule has 1 saturated carbocycles. The van der Waals surface area contributed by atoms with Crippen LogP contribution in [0.2, 0.25) is 0 Å². The Morgan fingerprint density at radius 3 is 2.87 bits per heavy atom. The molecule has 15 heavy (non-hydrogen) atoms. The van der Waals surface area contributed by atoms with E-state index in [9.17, 15) is 0 Å². The van der Waals surface area contributed by atoms with Crippen molar-refractivity contribution < 1.29 is 0 Å². The first-order valence-electron chi connectivity index (χ1n) is 5.02. The largest absolute Gasteiger partial charge is 0.374 e. The lowest BCUT2D eigenvalue weighted by atomic mass is 10.1. The second-order valence-electron chi connectivity index (χ2n) is 3.86. The summed E-state index contributed by atoms with van der Waals surface area (Å²) < 4.78 is 4.21. The van der Waals surface area contributed by atoms with Crippen molar-refractivity contribution in [3.63, 3.8) is 0 Å². The number of anilines is 1. The van der Waals surface area contributed by atoms with Gasteiger partial charge in [-0.15, -0.1) is 0 Å². The van der Waals surface area contributed by atoms with Crippen LogP contribution < -0.4 is 5.73 Å². The molecular formula is C11H11N3S. The van der Waals surface area contributed by atoms with E-state index in [1.165, 1.54) is 29.9 Å². The van der Waals surface area contributed by atoms with Gasteiger partial charge in [0.1, 0.15) is 0 Å². The van der Waals surface area contributed by atoms with E-state index in [2.05, 4.69) is 27.6 Å². The van der Waals surface area contributed by atoms with Crippen molar-refractivity contribution in [2.45, 2.75) is 18.8 Å². The Morgan fingerprint density at radius 1 is 1.33 bits per heavy atom. The highest BCUT2D eigenvalue weighted by Gasteiger charge is 2.23. The van der Waals surface area contributed by atoms with Crippen molar-refractivity contribution in [2.75, 3.05) is 5.73 Å². The summed E-state index contributed by atoms with van der Waals surface area (Å²) in [5, 5.41) is 0.529. The highest BCUT2D eigenvalue weighted by molar-refractivity contribution is 7.09. The number of nitrogens with zero attached hydrogens (tertiary/aromatic N) is 2. The van der Waals surface area contributed by atoms with E-state index in [4.69, 9.17) is 5.73 Å². The van der Waals surface area contributed by atoms with Crippen LogP contribution in [0.5, 0.6) is 0 Å². The van der Waals surface area contributed by atoms with Gasteiger partial charge in [-0.2, -0.15) is 9.36 Å². The summed E-state index contributed by atoms with van der Waals surface area (Å²) in [5.74, 6) is 1.51. The molecule has 3 rings (SSSR count). The van der Waals surface area contributed by atoms with Crippen LogP contribution in [0.3, 0.4) is 0 Å². The second-order valence-corrected chi connectivity index (χ2v) is 4.64. The maximum Gasteiger partial charge on any atom is 0.200 e. The molecule has 1 aromatic heterocycles. The number of nitrogens with two attached hydrogens (primary N) is 1. The normalized spacial score (nSPS) is 15.5. The number of hydrogen-bond acceptors (Lipinski definition) is 4. The molecule has 2 aromatic rings. The molecule has 0 atom stereocenters. The van der Waals surface area contributed by atoms with Crippen LogP contribution in [0.15, 0.2) is 24.3 Å². The first-order valence-corrected chi connectivity index (χ1v) is 5.80. The fraction of sp³-hybridized carbons (Fsp3) is 0.273. The predicted octanol–water partition coefficient (Wildman–Crippen LogP) is 2.66. The van der Waals surface area contributed by atoms with Crippen molar-refractivity contribution in [1.29, 1.82) is 0 Å². The van der Waals surface area contributed by atoms with Gasteiger partial charge in [0.15, 0.2) is 11.0 Å². The van der Waals surface area contributed by atoms with E-state index < -0.39 is 0 Å². The van der Waals surface area contributed by atoms with Gasteiger partial charge < -0.3 is 5.73 Å². The van der Waals surface area contributed by atoms with Crippen LogP contribution in [-0.4, -0.2) is 9.36 Å². The third-order valence-electron chi connectivity index (χ3n) is 2.64. The maximum atomic E-state index is 5.57. The molecule has 0 aliphatic heterocycles. The molecule has 0 bridgehead atoms. The molecule has 1 aromatic carbocycles. The van der Waals surface area contributed by atoms with Crippen LogP contribution in [0.4, 0.5) is 5.13 Å². The molecule has 0 amide bonds. The highest BCUT2D eigenvalue weighted by Crippen LogP contribution is 2.40. The lowest BCUT2D eigenvalue weighted by Gasteiger charge is -1.99. The molecule has 3 nitrogen and oxygen atoms in total. The SMILES string of the molecule is Nc1nc(-c2cccc(C3CC3)c2)ns1. The molecule has 1 aliphatic carbocycles. The smallest absolute Gasteiger partial charge is 0.200 e. The van der Waals surface area contributed by atoms with E-state index >= 15 is 0 Å². The minimum absolute atomic E-state index is 0.529. The molecule has 0 spiro atoms. The van der Waals surface area contributed by atoms with E-state index in [0.717, 1.165) is 17.3 Å². The van der Waals surface area contributed by atoms with Gasteiger partial charge in [0.25, 0.3) is 0 Å². The van der Waals surface area contributed by atoms with Crippen LogP contribution in [0.1, 0.15) is 24.3 Å². The van der Waals surface area contributed by atoms with Crippen molar-refractivity contribution >= 4 is 16.7 Å². The first kappa shape index (κ1) is 8.85. The molecule has 2 N–H and O–H groups in total. The Hall–Kier alpha value is -1.42. The van der Waals surface area contributed by atoms with Gasteiger partial charge in [0.2, 0.25) is 0 Å². The van der Waals surface area contributed by atoms with Gasteiger partial charge in [0, 0.05) is 17.1 Å². The van der Waals surface area contributed by atoms with E-state index in [-0.39, 0.29) is 0 Å². The van der Waals surface area contributed by atoms with Crippen LogP contribution >= 0.6 is 11.5 Å². The van der Waals surface area contributed by atoms with Crippen molar-refractivity contribution in [1.82, 2.24) is 9.36 Å². The molecule has 0 unspecified atom stereocenters. The third kappa shape index (κ3) is 1.72. The molecule has 1 aliphatic rings. The lowest BCUT2D eigenvalue weighted by molar-refractivity contribution is 1.13. The molecule has 1 heterocycles. The van der Waals surface area contributed by atoms with Gasteiger partial charge in [-0.05, 0) is 30.4 Å². The van der Waals surface area contributed by atoms with Crippen molar-refractivity contribution in [3.05, 3.63) is 29.8 Å². The Balaban J connectivity index is 2.00. The number of benzene rings is 1. The third-order valence-corrected chi connectivity index (χ3v) is 3.18. The van der Waals surface area contributed by atoms with Crippen LogP contribution in [0.25, 0.3) is 11.4 Å². The summed E-state index contributed by atoms with van der Waals surface area (Å²) in [7, 11) is 0. The van der Waals surface area contributed by atoms with Crippen molar-refractivity contribution in [3.8, 4) is 11.4 Å². The summed E-state index contributed by atoms with van der Waals surface area (Å²) in [6, 6.07) is 8.46. The Bertz CT molecular complexity index is 488. The zero-order valence-electron chi connectivity index (χ0n) is 8.18. The second kappa shape index (κ2) is 3.31. The van der Waals surface area contributed by atoms with Crippen LogP contribution in [0, 0.1) is 0 Å². The highest BCUT2D eigenvalue weighted by atomic mass is 32.1. The Morgan fingerprint density at radius 2 is 2.20 bits per heavy atom. The average Bonchev–Trinajstić information content (AvgIpc) is 3.02. The van der Waals surface area contributed by atoms with E-state index in [1.54, 1.807) is 0 Å². The Kier molecular flexibility index (Phi) is 1.95. The molecular weight excluding hydrogens is 206 g/mol. The van der Waals surface area contributed by atoms with Gasteiger partial charge in [0.05, 0.1) is 0 Å². The average molecular weight is 217 g/mol. The zero-order chi connectivity index (χ0) is 10.3. The zero-order valence-corrected chi connectivity index (χ0v) is 9.00. The summed E-state index contributed by atoms with van der Waals surface area (Å²) >= 11 is 1.25. The maximum absolute atomic E-state index is 5.57. The summed E-state index contributed by atoms with van der Waals surface area (Å²) in [4.78, 5) is 4.19. The number of nitrogen functional groups attached to an aromatic ring is 1. The molecule has 0 radical (unpaired) electrons. The summed E-state index contributed by atoms with van der Waals surface area (Å²) in [5.41, 5.74) is 8.05. The number of hydrogen-bond donors (Lipinski definition) is 1. The van der Waals surface area contributed by atoms with Crippen molar-refractivity contribution in [2.24, 2.45) is 0 Å². The minimum Gasteiger partial charge on any atom is -0.374 e. The van der Waals surface area contributed by atoms with Gasteiger partial charge in [-0.3, -0.25) is 0 Å². The molecule has 76 valence electrons. The minimum atomic E-state index is 0.529. The van der Waals surface area contributed by atoms with E-state index in [1.807, 2.05) is 6.07 Å². The van der Waals surface area contributed by atoms with Gasteiger partial charge >= 0.3 is 0 Å². The fourth-order valence-corrected chi connectivity index (χ4v) is 2.15. The van der Waals surface area contributed by atoms with Crippen LogP contribution in [-0.2, 0) is 0 Å². The number of rotatable bonds is 2. The first-order chi connectivity index (χ1) is 7.33. The van der Waals surface area contributed by atoms with Gasteiger partial charge in [-0.25, -0.2) is 0 Å². The van der Waals surface area contributed by atoms with Gasteiger partial charge in [-0.1, -0.05) is 18.2 Å². The summed E-state index contributed by atoms with van der Waals surface area (Å²) in [6.45, 7) is 0. The lowest BCUT2D eigenvalue weighted by Crippen LogP contribution is -1.85. The summed E-state index contributed by atoms with van der Waals surface area (Å²) in [6.07, 6.45) is 2.63. The molecule has 0 saturated heterocycles.